The van der Waals surface area contributed by atoms with Crippen molar-refractivity contribution in [1.29, 1.82) is 0 Å². The van der Waals surface area contributed by atoms with E-state index in [1.807, 2.05) is 12.1 Å². The number of amides is 1. The zero-order valence-electron chi connectivity index (χ0n) is 10.6. The van der Waals surface area contributed by atoms with Crippen LogP contribution in [-0.4, -0.2) is 29.0 Å². The summed E-state index contributed by atoms with van der Waals surface area (Å²) >= 11 is 2.16. The van der Waals surface area contributed by atoms with Crippen LogP contribution in [0.4, 0.5) is 10.6 Å². The second-order valence-corrected chi connectivity index (χ2v) is 5.33. The smallest absolute Gasteiger partial charge is 0.412 e. The van der Waals surface area contributed by atoms with Crippen molar-refractivity contribution in [2.24, 2.45) is 0 Å². The van der Waals surface area contributed by atoms with E-state index >= 15 is 0 Å². The maximum absolute atomic E-state index is 12.3. The summed E-state index contributed by atoms with van der Waals surface area (Å²) in [6.07, 6.45) is 0.297. The van der Waals surface area contributed by atoms with Gasteiger partial charge in [-0.25, -0.2) is 9.78 Å². The molecule has 0 unspecified atom stereocenters. The molecule has 1 amide bonds. The molecule has 0 radical (unpaired) electrons. The molecule has 1 heterocycles. The molecule has 6 heteroatoms. The van der Waals surface area contributed by atoms with Crippen LogP contribution in [0.25, 0.3) is 0 Å². The summed E-state index contributed by atoms with van der Waals surface area (Å²) in [5.41, 5.74) is 0.963. The highest BCUT2D eigenvalue weighted by Gasteiger charge is 2.14. The summed E-state index contributed by atoms with van der Waals surface area (Å²) in [5, 5.41) is 8.91. The van der Waals surface area contributed by atoms with Gasteiger partial charge in [0.2, 0.25) is 0 Å². The summed E-state index contributed by atoms with van der Waals surface area (Å²) in [4.78, 5) is 28.1. The standard InChI is InChI=1S/C14H11IN2O3/c1-17(14(19)20)12-8-10(6-7-16-12)13(18)9-2-4-11(15)5-3-9/h2-8H,1H3,(H,19,20). The number of hydrogen-bond acceptors (Lipinski definition) is 3. The molecule has 0 aliphatic rings. The largest absolute Gasteiger partial charge is 0.465 e. The number of nitrogens with zero attached hydrogens (tertiary/aromatic N) is 2. The number of rotatable bonds is 3. The Morgan fingerprint density at radius 3 is 2.40 bits per heavy atom. The third-order valence-electron chi connectivity index (χ3n) is 2.74. The first-order chi connectivity index (χ1) is 9.49. The Bertz CT molecular complexity index is 656. The molecule has 0 atom stereocenters. The molecule has 2 rings (SSSR count). The van der Waals surface area contributed by atoms with Gasteiger partial charge in [-0.1, -0.05) is 0 Å². The van der Waals surface area contributed by atoms with Crippen LogP contribution in [0.15, 0.2) is 42.6 Å². The van der Waals surface area contributed by atoms with Crippen molar-refractivity contribution in [3.63, 3.8) is 0 Å². The number of carbonyl (C=O) groups is 2. The van der Waals surface area contributed by atoms with Gasteiger partial charge in [0.05, 0.1) is 0 Å². The second-order valence-electron chi connectivity index (χ2n) is 4.08. The molecule has 1 aromatic carbocycles. The number of hydrogen-bond donors (Lipinski definition) is 1. The van der Waals surface area contributed by atoms with E-state index in [0.717, 1.165) is 8.47 Å². The molecule has 0 saturated heterocycles. The molecule has 0 bridgehead atoms. The molecule has 1 N–H and O–H groups in total. The van der Waals surface area contributed by atoms with Crippen LogP contribution in [0.5, 0.6) is 0 Å². The molecule has 102 valence electrons. The Kier molecular flexibility index (Phi) is 4.33. The molecule has 0 aliphatic heterocycles. The third-order valence-corrected chi connectivity index (χ3v) is 3.46. The van der Waals surface area contributed by atoms with Gasteiger partial charge in [0.15, 0.2) is 5.78 Å². The molecule has 20 heavy (non-hydrogen) atoms. The minimum Gasteiger partial charge on any atom is -0.465 e. The minimum atomic E-state index is -1.13. The highest BCUT2D eigenvalue weighted by Crippen LogP contribution is 2.16. The van der Waals surface area contributed by atoms with Crippen LogP contribution in [0.2, 0.25) is 0 Å². The monoisotopic (exact) mass is 382 g/mol. The van der Waals surface area contributed by atoms with Gasteiger partial charge in [-0.3, -0.25) is 9.69 Å². The molecule has 1 aromatic heterocycles. The van der Waals surface area contributed by atoms with Crippen molar-refractivity contribution in [3.05, 3.63) is 57.3 Å². The van der Waals surface area contributed by atoms with Crippen LogP contribution in [-0.2, 0) is 0 Å². The molecular formula is C14H11IN2O3. The number of carbonyl (C=O) groups excluding carboxylic acids is 1. The Balaban J connectivity index is 2.33. The van der Waals surface area contributed by atoms with Crippen molar-refractivity contribution < 1.29 is 14.7 Å². The number of benzene rings is 1. The van der Waals surface area contributed by atoms with E-state index in [-0.39, 0.29) is 11.6 Å². The number of pyridine rings is 1. The van der Waals surface area contributed by atoms with Crippen LogP contribution in [0.3, 0.4) is 0 Å². The Morgan fingerprint density at radius 2 is 1.80 bits per heavy atom. The zero-order chi connectivity index (χ0) is 14.7. The lowest BCUT2D eigenvalue weighted by atomic mass is 10.0. The van der Waals surface area contributed by atoms with Gasteiger partial charge < -0.3 is 5.11 Å². The van der Waals surface area contributed by atoms with Crippen molar-refractivity contribution >= 4 is 40.3 Å². The topological polar surface area (TPSA) is 70.5 Å². The Labute approximate surface area is 129 Å². The van der Waals surface area contributed by atoms with E-state index in [2.05, 4.69) is 27.6 Å². The predicted octanol–water partition coefficient (Wildman–Crippen LogP) is 3.03. The lowest BCUT2D eigenvalue weighted by molar-refractivity contribution is 0.103. The first kappa shape index (κ1) is 14.4. The fourth-order valence-corrected chi connectivity index (χ4v) is 1.97. The Morgan fingerprint density at radius 1 is 1.15 bits per heavy atom. The van der Waals surface area contributed by atoms with Crippen molar-refractivity contribution in [1.82, 2.24) is 4.98 Å². The fourth-order valence-electron chi connectivity index (χ4n) is 1.61. The lowest BCUT2D eigenvalue weighted by Gasteiger charge is -2.12. The molecule has 0 saturated carbocycles. The first-order valence-corrected chi connectivity index (χ1v) is 6.80. The molecular weight excluding hydrogens is 371 g/mol. The van der Waals surface area contributed by atoms with Crippen LogP contribution < -0.4 is 4.90 Å². The van der Waals surface area contributed by atoms with Crippen LogP contribution >= 0.6 is 22.6 Å². The summed E-state index contributed by atoms with van der Waals surface area (Å²) in [5.74, 6) is 0.0534. The van der Waals surface area contributed by atoms with Gasteiger partial charge in [0.1, 0.15) is 5.82 Å². The van der Waals surface area contributed by atoms with E-state index in [1.54, 1.807) is 18.2 Å². The van der Waals surface area contributed by atoms with E-state index in [4.69, 9.17) is 5.11 Å². The highest BCUT2D eigenvalue weighted by molar-refractivity contribution is 14.1. The van der Waals surface area contributed by atoms with Crippen LogP contribution in [0.1, 0.15) is 15.9 Å². The SMILES string of the molecule is CN(C(=O)O)c1cc(C(=O)c2ccc(I)cc2)ccn1. The summed E-state index contributed by atoms with van der Waals surface area (Å²) in [6, 6.07) is 10.2. The maximum atomic E-state index is 12.3. The molecule has 0 aliphatic carbocycles. The number of anilines is 1. The summed E-state index contributed by atoms with van der Waals surface area (Å²) < 4.78 is 1.04. The summed E-state index contributed by atoms with van der Waals surface area (Å²) in [6.45, 7) is 0. The molecule has 0 fully saturated rings. The average molecular weight is 382 g/mol. The van der Waals surface area contributed by atoms with Crippen molar-refractivity contribution in [3.8, 4) is 0 Å². The predicted molar refractivity (Wildman–Crippen MR) is 83.3 cm³/mol. The summed E-state index contributed by atoms with van der Waals surface area (Å²) in [7, 11) is 1.38. The fraction of sp³-hybridized carbons (Fsp3) is 0.0714. The Hall–Kier alpha value is -1.96. The molecule has 2 aromatic rings. The second kappa shape index (κ2) is 6.00. The third kappa shape index (κ3) is 3.13. The van der Waals surface area contributed by atoms with Gasteiger partial charge in [0, 0.05) is 27.9 Å². The normalized spacial score (nSPS) is 10.1. The first-order valence-electron chi connectivity index (χ1n) is 5.72. The zero-order valence-corrected chi connectivity index (χ0v) is 12.7. The van der Waals surface area contributed by atoms with E-state index in [9.17, 15) is 9.59 Å². The quantitative estimate of drug-likeness (QED) is 0.655. The van der Waals surface area contributed by atoms with E-state index in [0.29, 0.717) is 11.1 Å². The van der Waals surface area contributed by atoms with Crippen molar-refractivity contribution in [2.75, 3.05) is 11.9 Å². The highest BCUT2D eigenvalue weighted by atomic mass is 127. The van der Waals surface area contributed by atoms with Gasteiger partial charge >= 0.3 is 6.09 Å². The van der Waals surface area contributed by atoms with Gasteiger partial charge in [0.25, 0.3) is 0 Å². The maximum Gasteiger partial charge on any atom is 0.412 e. The number of halogens is 1. The van der Waals surface area contributed by atoms with Gasteiger partial charge in [-0.2, -0.15) is 0 Å². The van der Waals surface area contributed by atoms with E-state index in [1.165, 1.54) is 19.3 Å². The molecule has 5 nitrogen and oxygen atoms in total. The number of aromatic nitrogens is 1. The number of carboxylic acid groups (broad SMARTS) is 1. The van der Waals surface area contributed by atoms with Crippen molar-refractivity contribution in [2.45, 2.75) is 0 Å². The molecule has 0 spiro atoms. The average Bonchev–Trinajstić information content (AvgIpc) is 2.46. The minimum absolute atomic E-state index is 0.163. The van der Waals surface area contributed by atoms with Crippen LogP contribution in [0, 0.1) is 3.57 Å². The van der Waals surface area contributed by atoms with Gasteiger partial charge in [-0.05, 0) is 59.0 Å². The number of ketones is 1. The van der Waals surface area contributed by atoms with Gasteiger partial charge in [-0.15, -0.1) is 0 Å². The van der Waals surface area contributed by atoms with E-state index < -0.39 is 6.09 Å². The lowest BCUT2D eigenvalue weighted by Crippen LogP contribution is -2.25.